The maximum atomic E-state index is 5.82. The second-order valence-electron chi connectivity index (χ2n) is 8.85. The molecule has 1 rings (SSSR count). The Bertz CT molecular complexity index is 275. The molecular weight excluding hydrogens is 330 g/mol. The van der Waals surface area contributed by atoms with Crippen LogP contribution in [0.15, 0.2) is 0 Å². The number of unbranched alkanes of at least 4 members (excludes halogenated alkanes) is 15. The summed E-state index contributed by atoms with van der Waals surface area (Å²) in [4.78, 5) is 0. The molecule has 1 N–H and O–H groups in total. The van der Waals surface area contributed by atoms with E-state index in [2.05, 4.69) is 12.2 Å². The van der Waals surface area contributed by atoms with Gasteiger partial charge in [-0.05, 0) is 32.2 Å². The molecule has 162 valence electrons. The number of hydrogen-bond donors (Lipinski definition) is 1. The minimum Gasteiger partial charge on any atom is -0.381 e. The fraction of sp³-hybridized carbons (Fsp3) is 1.00. The van der Waals surface area contributed by atoms with Gasteiger partial charge in [-0.2, -0.15) is 0 Å². The number of rotatable bonds is 20. The quantitative estimate of drug-likeness (QED) is 0.217. The third-order valence-corrected chi connectivity index (χ3v) is 6.17. The van der Waals surface area contributed by atoms with Gasteiger partial charge < -0.3 is 10.1 Å². The van der Waals surface area contributed by atoms with E-state index in [-0.39, 0.29) is 0 Å². The molecule has 1 aliphatic rings. The first kappa shape index (κ1) is 25.0. The van der Waals surface area contributed by atoms with Gasteiger partial charge in [-0.3, -0.25) is 0 Å². The van der Waals surface area contributed by atoms with Gasteiger partial charge in [-0.1, -0.05) is 110 Å². The Kier molecular flexibility index (Phi) is 19.1. The Labute approximate surface area is 171 Å². The fourth-order valence-electron chi connectivity index (χ4n) is 4.25. The van der Waals surface area contributed by atoms with Crippen LogP contribution in [0.4, 0.5) is 0 Å². The lowest BCUT2D eigenvalue weighted by molar-refractivity contribution is 0.117. The van der Waals surface area contributed by atoms with Crippen LogP contribution in [0.2, 0.25) is 0 Å². The lowest BCUT2D eigenvalue weighted by Gasteiger charge is -2.23. The maximum absolute atomic E-state index is 5.82. The first-order chi connectivity index (χ1) is 13.4. The summed E-state index contributed by atoms with van der Waals surface area (Å²) in [5, 5.41) is 3.60. The molecule has 1 saturated heterocycles. The Morgan fingerprint density at radius 3 is 1.63 bits per heavy atom. The molecule has 1 aliphatic heterocycles. The van der Waals surface area contributed by atoms with Crippen LogP contribution in [0.1, 0.15) is 135 Å². The van der Waals surface area contributed by atoms with Crippen molar-refractivity contribution in [3.05, 3.63) is 0 Å². The van der Waals surface area contributed by atoms with Gasteiger partial charge in [0.15, 0.2) is 0 Å². The summed E-state index contributed by atoms with van der Waals surface area (Å²) in [5.74, 6) is 0. The average molecular weight is 382 g/mol. The highest BCUT2D eigenvalue weighted by atomic mass is 16.5. The zero-order valence-corrected chi connectivity index (χ0v) is 18.7. The standard InChI is InChI=1S/C25H51NO/c1-2-3-4-5-6-7-8-9-10-11-12-13-14-15-16-19-23-27-24-21-25-20-17-18-22-26-25/h25-26H,2-24H2,1H3. The summed E-state index contributed by atoms with van der Waals surface area (Å²) in [7, 11) is 0. The van der Waals surface area contributed by atoms with E-state index in [1.165, 1.54) is 135 Å². The molecule has 2 nitrogen and oxygen atoms in total. The van der Waals surface area contributed by atoms with Crippen LogP contribution >= 0.6 is 0 Å². The minimum absolute atomic E-state index is 0.726. The van der Waals surface area contributed by atoms with Gasteiger partial charge in [0.05, 0.1) is 0 Å². The SMILES string of the molecule is CCCCCCCCCCCCCCCCCCOCCC1CCCCN1. The molecule has 0 aliphatic carbocycles. The first-order valence-electron chi connectivity index (χ1n) is 12.7. The van der Waals surface area contributed by atoms with Gasteiger partial charge in [-0.15, -0.1) is 0 Å². The molecule has 1 atom stereocenters. The Balaban J connectivity index is 1.64. The van der Waals surface area contributed by atoms with Crippen molar-refractivity contribution in [2.24, 2.45) is 0 Å². The van der Waals surface area contributed by atoms with Crippen molar-refractivity contribution in [1.82, 2.24) is 5.32 Å². The van der Waals surface area contributed by atoms with Gasteiger partial charge >= 0.3 is 0 Å². The molecule has 0 saturated carbocycles. The number of ether oxygens (including phenoxy) is 1. The van der Waals surface area contributed by atoms with E-state index in [1.54, 1.807) is 0 Å². The molecule has 0 bridgehead atoms. The molecule has 1 heterocycles. The smallest absolute Gasteiger partial charge is 0.0480 e. The van der Waals surface area contributed by atoms with Gasteiger partial charge in [-0.25, -0.2) is 0 Å². The largest absolute Gasteiger partial charge is 0.381 e. The highest BCUT2D eigenvalue weighted by Crippen LogP contribution is 2.14. The molecule has 0 spiro atoms. The minimum atomic E-state index is 0.726. The second kappa shape index (κ2) is 20.6. The van der Waals surface area contributed by atoms with E-state index in [9.17, 15) is 0 Å². The van der Waals surface area contributed by atoms with Crippen molar-refractivity contribution in [3.63, 3.8) is 0 Å². The summed E-state index contributed by atoms with van der Waals surface area (Å²) in [6.45, 7) is 5.44. The van der Waals surface area contributed by atoms with E-state index < -0.39 is 0 Å². The van der Waals surface area contributed by atoms with Crippen LogP contribution in [0.3, 0.4) is 0 Å². The van der Waals surface area contributed by atoms with Crippen LogP contribution < -0.4 is 5.32 Å². The zero-order chi connectivity index (χ0) is 19.3. The van der Waals surface area contributed by atoms with Gasteiger partial charge in [0, 0.05) is 19.3 Å². The van der Waals surface area contributed by atoms with E-state index in [4.69, 9.17) is 4.74 Å². The molecule has 0 aromatic carbocycles. The Morgan fingerprint density at radius 2 is 1.15 bits per heavy atom. The molecule has 1 unspecified atom stereocenters. The van der Waals surface area contributed by atoms with Gasteiger partial charge in [0.25, 0.3) is 0 Å². The number of nitrogens with one attached hydrogen (secondary N) is 1. The fourth-order valence-corrected chi connectivity index (χ4v) is 4.25. The van der Waals surface area contributed by atoms with E-state index in [0.717, 1.165) is 19.3 Å². The van der Waals surface area contributed by atoms with Crippen LogP contribution in [-0.4, -0.2) is 25.8 Å². The van der Waals surface area contributed by atoms with Crippen LogP contribution in [0.5, 0.6) is 0 Å². The zero-order valence-electron chi connectivity index (χ0n) is 18.7. The van der Waals surface area contributed by atoms with Crippen molar-refractivity contribution in [1.29, 1.82) is 0 Å². The lowest BCUT2D eigenvalue weighted by atomic mass is 10.0. The lowest BCUT2D eigenvalue weighted by Crippen LogP contribution is -2.34. The summed E-state index contributed by atoms with van der Waals surface area (Å²) in [6, 6.07) is 0.726. The molecule has 1 fully saturated rings. The van der Waals surface area contributed by atoms with Crippen molar-refractivity contribution < 1.29 is 4.74 Å². The third-order valence-electron chi connectivity index (χ3n) is 6.17. The van der Waals surface area contributed by atoms with Crippen LogP contribution in [-0.2, 0) is 4.74 Å². The predicted molar refractivity (Wildman–Crippen MR) is 121 cm³/mol. The van der Waals surface area contributed by atoms with Crippen molar-refractivity contribution in [3.8, 4) is 0 Å². The van der Waals surface area contributed by atoms with E-state index >= 15 is 0 Å². The van der Waals surface area contributed by atoms with Gasteiger partial charge in [0.1, 0.15) is 0 Å². The normalized spacial score (nSPS) is 17.4. The van der Waals surface area contributed by atoms with Crippen molar-refractivity contribution in [2.75, 3.05) is 19.8 Å². The molecule has 2 heteroatoms. The van der Waals surface area contributed by atoms with Crippen molar-refractivity contribution in [2.45, 2.75) is 141 Å². The third kappa shape index (κ3) is 17.7. The van der Waals surface area contributed by atoms with E-state index in [0.29, 0.717) is 0 Å². The molecule has 0 aromatic heterocycles. The van der Waals surface area contributed by atoms with Gasteiger partial charge in [0.2, 0.25) is 0 Å². The predicted octanol–water partition coefficient (Wildman–Crippen LogP) is 7.80. The Hall–Kier alpha value is -0.0800. The molecule has 0 radical (unpaired) electrons. The van der Waals surface area contributed by atoms with E-state index in [1.807, 2.05) is 0 Å². The van der Waals surface area contributed by atoms with Crippen molar-refractivity contribution >= 4 is 0 Å². The summed E-state index contributed by atoms with van der Waals surface area (Å²) < 4.78 is 5.82. The topological polar surface area (TPSA) is 21.3 Å². The second-order valence-corrected chi connectivity index (χ2v) is 8.85. The number of hydrogen-bond acceptors (Lipinski definition) is 2. The Morgan fingerprint density at radius 1 is 0.630 bits per heavy atom. The van der Waals surface area contributed by atoms with Crippen LogP contribution in [0.25, 0.3) is 0 Å². The first-order valence-corrected chi connectivity index (χ1v) is 12.7. The summed E-state index contributed by atoms with van der Waals surface area (Å²) >= 11 is 0. The molecule has 27 heavy (non-hydrogen) atoms. The molecular formula is C25H51NO. The highest BCUT2D eigenvalue weighted by Gasteiger charge is 2.11. The summed E-state index contributed by atoms with van der Waals surface area (Å²) in [5.41, 5.74) is 0. The van der Waals surface area contributed by atoms with Crippen LogP contribution in [0, 0.1) is 0 Å². The summed E-state index contributed by atoms with van der Waals surface area (Å²) in [6.07, 6.45) is 28.3. The maximum Gasteiger partial charge on any atom is 0.0480 e. The monoisotopic (exact) mass is 381 g/mol. The average Bonchev–Trinajstić information content (AvgIpc) is 2.70. The number of piperidine rings is 1. The highest BCUT2D eigenvalue weighted by molar-refractivity contribution is 4.71. The molecule has 0 amide bonds. The molecule has 0 aromatic rings.